The molecule has 6 heteroatoms. The van der Waals surface area contributed by atoms with E-state index in [4.69, 9.17) is 11.6 Å². The van der Waals surface area contributed by atoms with Crippen LogP contribution in [0.2, 0.25) is 0 Å². The van der Waals surface area contributed by atoms with Gasteiger partial charge in [0.15, 0.2) is 0 Å². The molecule has 1 saturated heterocycles. The third-order valence-corrected chi connectivity index (χ3v) is 4.58. The van der Waals surface area contributed by atoms with E-state index in [1.807, 2.05) is 0 Å². The molecular formula is C13H17ClN4S. The smallest absolute Gasteiger partial charge is 0.150 e. The quantitative estimate of drug-likeness (QED) is 0.815. The van der Waals surface area contributed by atoms with Gasteiger partial charge in [0.25, 0.3) is 0 Å². The molecule has 4 nitrogen and oxygen atoms in total. The van der Waals surface area contributed by atoms with Gasteiger partial charge in [-0.25, -0.2) is 9.97 Å². The maximum atomic E-state index is 5.83. The van der Waals surface area contributed by atoms with Crippen molar-refractivity contribution in [3.63, 3.8) is 0 Å². The molecule has 1 fully saturated rings. The van der Waals surface area contributed by atoms with Gasteiger partial charge >= 0.3 is 0 Å². The van der Waals surface area contributed by atoms with Gasteiger partial charge in [-0.05, 0) is 24.4 Å². The van der Waals surface area contributed by atoms with E-state index < -0.39 is 0 Å². The van der Waals surface area contributed by atoms with Crippen LogP contribution in [0.15, 0.2) is 17.8 Å². The topological polar surface area (TPSA) is 32.3 Å². The van der Waals surface area contributed by atoms with E-state index in [1.165, 1.54) is 4.70 Å². The highest BCUT2D eigenvalue weighted by Crippen LogP contribution is 2.28. The lowest BCUT2D eigenvalue weighted by Gasteiger charge is -2.22. The number of nitrogens with zero attached hydrogens (tertiary/aromatic N) is 4. The molecule has 2 aromatic rings. The van der Waals surface area contributed by atoms with Gasteiger partial charge in [-0.1, -0.05) is 0 Å². The number of anilines is 1. The predicted molar refractivity (Wildman–Crippen MR) is 81.4 cm³/mol. The average molecular weight is 297 g/mol. The zero-order chi connectivity index (χ0) is 13.1. The highest BCUT2D eigenvalue weighted by molar-refractivity contribution is 7.17. The number of rotatable bonds is 3. The number of aromatic nitrogens is 2. The molecule has 3 heterocycles. The molecule has 0 aliphatic carbocycles. The average Bonchev–Trinajstić information content (AvgIpc) is 2.79. The lowest BCUT2D eigenvalue weighted by Crippen LogP contribution is -2.32. The van der Waals surface area contributed by atoms with Crippen LogP contribution in [0, 0.1) is 0 Å². The number of hydrogen-bond donors (Lipinski definition) is 0. The Morgan fingerprint density at radius 2 is 2.16 bits per heavy atom. The van der Waals surface area contributed by atoms with Crippen LogP contribution in [0.3, 0.4) is 0 Å². The summed E-state index contributed by atoms with van der Waals surface area (Å²) in [6.07, 6.45) is 2.83. The highest BCUT2D eigenvalue weighted by Gasteiger charge is 2.18. The Bertz CT molecular complexity index is 544. The fraction of sp³-hybridized carbons (Fsp3) is 0.538. The molecule has 0 aromatic carbocycles. The van der Waals surface area contributed by atoms with Gasteiger partial charge in [-0.15, -0.1) is 22.9 Å². The van der Waals surface area contributed by atoms with Crippen molar-refractivity contribution in [2.75, 3.05) is 43.5 Å². The fourth-order valence-electron chi connectivity index (χ4n) is 2.53. The Labute approximate surface area is 122 Å². The minimum atomic E-state index is 0.711. The summed E-state index contributed by atoms with van der Waals surface area (Å²) in [4.78, 5) is 13.6. The van der Waals surface area contributed by atoms with E-state index in [0.29, 0.717) is 5.88 Å². The monoisotopic (exact) mass is 296 g/mol. The third-order valence-electron chi connectivity index (χ3n) is 3.51. The lowest BCUT2D eigenvalue weighted by molar-refractivity contribution is 0.311. The second-order valence-electron chi connectivity index (χ2n) is 4.70. The number of thiophene rings is 1. The van der Waals surface area contributed by atoms with Crippen molar-refractivity contribution < 1.29 is 0 Å². The van der Waals surface area contributed by atoms with Crippen molar-refractivity contribution in [1.82, 2.24) is 14.9 Å². The Kier molecular flexibility index (Phi) is 4.15. The number of fused-ring (bicyclic) bond motifs is 1. The van der Waals surface area contributed by atoms with Crippen LogP contribution in [0.25, 0.3) is 10.2 Å². The van der Waals surface area contributed by atoms with Gasteiger partial charge in [0.1, 0.15) is 12.1 Å². The van der Waals surface area contributed by atoms with Gasteiger partial charge < -0.3 is 9.80 Å². The fourth-order valence-corrected chi connectivity index (χ4v) is 3.63. The zero-order valence-electron chi connectivity index (χ0n) is 10.8. The lowest BCUT2D eigenvalue weighted by atomic mass is 10.3. The van der Waals surface area contributed by atoms with E-state index in [2.05, 4.69) is 31.2 Å². The molecule has 0 radical (unpaired) electrons. The Balaban J connectivity index is 1.80. The molecule has 0 atom stereocenters. The summed E-state index contributed by atoms with van der Waals surface area (Å²) in [5.74, 6) is 1.80. The summed E-state index contributed by atoms with van der Waals surface area (Å²) < 4.78 is 1.20. The van der Waals surface area contributed by atoms with Crippen LogP contribution in [0.1, 0.15) is 6.42 Å². The summed E-state index contributed by atoms with van der Waals surface area (Å²) in [6, 6.07) is 2.06. The molecule has 102 valence electrons. The number of halogens is 1. The predicted octanol–water partition coefficient (Wildman–Crippen LogP) is 2.44. The van der Waals surface area contributed by atoms with Crippen molar-refractivity contribution in [2.24, 2.45) is 0 Å². The Morgan fingerprint density at radius 3 is 3.05 bits per heavy atom. The Morgan fingerprint density at radius 1 is 1.21 bits per heavy atom. The van der Waals surface area contributed by atoms with Crippen LogP contribution in [-0.2, 0) is 0 Å². The first-order chi connectivity index (χ1) is 9.38. The zero-order valence-corrected chi connectivity index (χ0v) is 12.3. The molecule has 3 rings (SSSR count). The molecule has 0 unspecified atom stereocenters. The molecule has 1 aliphatic heterocycles. The van der Waals surface area contributed by atoms with Crippen molar-refractivity contribution in [3.8, 4) is 0 Å². The second kappa shape index (κ2) is 6.03. The van der Waals surface area contributed by atoms with Gasteiger partial charge in [0, 0.05) is 32.1 Å². The van der Waals surface area contributed by atoms with E-state index in [0.717, 1.165) is 50.5 Å². The molecule has 0 saturated carbocycles. The minimum Gasteiger partial charge on any atom is -0.354 e. The molecule has 2 aromatic heterocycles. The highest BCUT2D eigenvalue weighted by atomic mass is 35.5. The molecule has 19 heavy (non-hydrogen) atoms. The van der Waals surface area contributed by atoms with Crippen LogP contribution >= 0.6 is 22.9 Å². The molecule has 0 N–H and O–H groups in total. The Hall–Kier alpha value is -0.910. The van der Waals surface area contributed by atoms with Crippen LogP contribution in [0.5, 0.6) is 0 Å². The first-order valence-electron chi connectivity index (χ1n) is 6.60. The normalized spacial score (nSPS) is 17.8. The van der Waals surface area contributed by atoms with Crippen LogP contribution in [-0.4, -0.2) is 53.5 Å². The molecule has 0 amide bonds. The first-order valence-corrected chi connectivity index (χ1v) is 8.01. The van der Waals surface area contributed by atoms with Crippen molar-refractivity contribution >= 4 is 39.0 Å². The van der Waals surface area contributed by atoms with Crippen LogP contribution in [0.4, 0.5) is 5.82 Å². The van der Waals surface area contributed by atoms with E-state index >= 15 is 0 Å². The first kappa shape index (κ1) is 13.1. The van der Waals surface area contributed by atoms with E-state index in [-0.39, 0.29) is 0 Å². The minimum absolute atomic E-state index is 0.711. The van der Waals surface area contributed by atoms with E-state index in [9.17, 15) is 0 Å². The third kappa shape index (κ3) is 2.83. The van der Waals surface area contributed by atoms with Crippen molar-refractivity contribution in [3.05, 3.63) is 17.8 Å². The van der Waals surface area contributed by atoms with Crippen molar-refractivity contribution in [2.45, 2.75) is 6.42 Å². The largest absolute Gasteiger partial charge is 0.354 e. The standard InChI is InChI=1S/C13H17ClN4S/c14-3-6-17-4-1-5-18(8-7-17)13-12-11(2-9-19-12)15-10-16-13/h2,9-10H,1,3-8H2. The van der Waals surface area contributed by atoms with Gasteiger partial charge in [0.2, 0.25) is 0 Å². The summed E-state index contributed by atoms with van der Waals surface area (Å²) in [7, 11) is 0. The molecule has 1 aliphatic rings. The van der Waals surface area contributed by atoms with Crippen LogP contribution < -0.4 is 4.90 Å². The summed E-state index contributed by atoms with van der Waals surface area (Å²) in [5, 5.41) is 2.08. The van der Waals surface area contributed by atoms with Crippen molar-refractivity contribution in [1.29, 1.82) is 0 Å². The van der Waals surface area contributed by atoms with Gasteiger partial charge in [-0.2, -0.15) is 0 Å². The van der Waals surface area contributed by atoms with E-state index in [1.54, 1.807) is 17.7 Å². The number of alkyl halides is 1. The summed E-state index contributed by atoms with van der Waals surface area (Å²) >= 11 is 7.55. The summed E-state index contributed by atoms with van der Waals surface area (Å²) in [5.41, 5.74) is 1.05. The maximum Gasteiger partial charge on any atom is 0.150 e. The molecular weight excluding hydrogens is 280 g/mol. The SMILES string of the molecule is ClCCN1CCCN(c2ncnc3ccsc23)CC1. The number of hydrogen-bond acceptors (Lipinski definition) is 5. The second-order valence-corrected chi connectivity index (χ2v) is 6.00. The van der Waals surface area contributed by atoms with Gasteiger partial charge in [0.05, 0.1) is 10.2 Å². The maximum absolute atomic E-state index is 5.83. The van der Waals surface area contributed by atoms with Gasteiger partial charge in [-0.3, -0.25) is 0 Å². The summed E-state index contributed by atoms with van der Waals surface area (Å²) in [6.45, 7) is 5.24. The molecule has 0 spiro atoms. The molecule has 0 bridgehead atoms.